The van der Waals surface area contributed by atoms with E-state index in [1.807, 2.05) is 30.3 Å². The van der Waals surface area contributed by atoms with Crippen molar-refractivity contribution in [1.29, 1.82) is 0 Å². The van der Waals surface area contributed by atoms with Crippen molar-refractivity contribution in [3.05, 3.63) is 70.8 Å². The van der Waals surface area contributed by atoms with Gasteiger partial charge in [-0.3, -0.25) is 0 Å². The number of carboxylic acids is 1. The van der Waals surface area contributed by atoms with Crippen LogP contribution in [0.1, 0.15) is 27.0 Å². The average molecular weight is 323 g/mol. The molecule has 1 amide bonds. The van der Waals surface area contributed by atoms with E-state index in [9.17, 15) is 9.59 Å². The lowest BCUT2D eigenvalue weighted by Gasteiger charge is -2.04. The molecule has 5 nitrogen and oxygen atoms in total. The van der Waals surface area contributed by atoms with Crippen molar-refractivity contribution in [3.63, 3.8) is 0 Å². The van der Waals surface area contributed by atoms with E-state index in [1.165, 1.54) is 6.07 Å². The smallest absolute Gasteiger partial charge is 0.408 e. The van der Waals surface area contributed by atoms with Crippen LogP contribution in [-0.4, -0.2) is 23.7 Å². The number of nitrogens with one attached hydrogen (secondary N) is 1. The van der Waals surface area contributed by atoms with E-state index in [-0.39, 0.29) is 18.7 Å². The third-order valence-electron chi connectivity index (χ3n) is 3.23. The normalized spacial score (nSPS) is 9.54. The maximum absolute atomic E-state index is 11.5. The summed E-state index contributed by atoms with van der Waals surface area (Å²) in [5.74, 6) is 4.59. The van der Waals surface area contributed by atoms with E-state index in [0.717, 1.165) is 5.56 Å². The van der Waals surface area contributed by atoms with Gasteiger partial charge in [0.2, 0.25) is 0 Å². The molecule has 122 valence electrons. The van der Waals surface area contributed by atoms with Crippen LogP contribution in [0.2, 0.25) is 0 Å². The van der Waals surface area contributed by atoms with Gasteiger partial charge in [-0.2, -0.15) is 0 Å². The summed E-state index contributed by atoms with van der Waals surface area (Å²) in [5.41, 5.74) is 2.38. The number of ether oxygens (including phenoxy) is 1. The summed E-state index contributed by atoms with van der Waals surface area (Å²) in [6.07, 6.45) is -0.553. The Morgan fingerprint density at radius 3 is 2.62 bits per heavy atom. The number of alkyl carbamates (subject to hydrolysis) is 1. The number of aromatic carboxylic acids is 1. The molecule has 2 N–H and O–H groups in total. The van der Waals surface area contributed by atoms with Gasteiger partial charge in [0.1, 0.15) is 6.61 Å². The first kappa shape index (κ1) is 17.1. The summed E-state index contributed by atoms with van der Waals surface area (Å²) < 4.78 is 5.05. The Labute approximate surface area is 140 Å². The molecule has 0 aliphatic carbocycles. The molecule has 2 rings (SSSR count). The summed E-state index contributed by atoms with van der Waals surface area (Å²) in [4.78, 5) is 22.6. The van der Waals surface area contributed by atoms with Crippen molar-refractivity contribution < 1.29 is 19.4 Å². The second kappa shape index (κ2) is 8.39. The Balaban J connectivity index is 1.82. The van der Waals surface area contributed by atoms with Crippen LogP contribution in [0.3, 0.4) is 0 Å². The van der Waals surface area contributed by atoms with E-state index in [4.69, 9.17) is 9.84 Å². The van der Waals surface area contributed by atoms with E-state index >= 15 is 0 Å². The zero-order chi connectivity index (χ0) is 17.4. The quantitative estimate of drug-likeness (QED) is 0.848. The highest BCUT2D eigenvalue weighted by molar-refractivity contribution is 5.89. The van der Waals surface area contributed by atoms with E-state index in [1.54, 1.807) is 19.1 Å². The molecular formula is C19H17NO4. The van der Waals surface area contributed by atoms with Gasteiger partial charge in [-0.15, -0.1) is 0 Å². The predicted molar refractivity (Wildman–Crippen MR) is 89.6 cm³/mol. The lowest BCUT2D eigenvalue weighted by molar-refractivity contribution is 0.0696. The number of amides is 1. The van der Waals surface area contributed by atoms with Crippen LogP contribution in [-0.2, 0) is 11.3 Å². The van der Waals surface area contributed by atoms with Gasteiger partial charge in [-0.1, -0.05) is 48.2 Å². The van der Waals surface area contributed by atoms with Crippen molar-refractivity contribution in [2.24, 2.45) is 0 Å². The van der Waals surface area contributed by atoms with E-state index < -0.39 is 12.1 Å². The van der Waals surface area contributed by atoms with Crippen LogP contribution in [0.5, 0.6) is 0 Å². The van der Waals surface area contributed by atoms with Crippen LogP contribution >= 0.6 is 0 Å². The van der Waals surface area contributed by atoms with Crippen LogP contribution in [0, 0.1) is 18.8 Å². The maximum atomic E-state index is 11.5. The molecule has 0 saturated heterocycles. The lowest BCUT2D eigenvalue weighted by Crippen LogP contribution is -2.24. The van der Waals surface area contributed by atoms with Gasteiger partial charge in [-0.25, -0.2) is 9.59 Å². The highest BCUT2D eigenvalue weighted by Crippen LogP contribution is 2.10. The second-order valence-corrected chi connectivity index (χ2v) is 5.05. The van der Waals surface area contributed by atoms with E-state index in [2.05, 4.69) is 17.2 Å². The number of carbonyl (C=O) groups excluding carboxylic acids is 1. The Morgan fingerprint density at radius 1 is 1.17 bits per heavy atom. The van der Waals surface area contributed by atoms with Crippen molar-refractivity contribution in [1.82, 2.24) is 5.32 Å². The molecule has 0 saturated carbocycles. The average Bonchev–Trinajstić information content (AvgIpc) is 2.59. The molecule has 0 bridgehead atoms. The molecule has 2 aromatic carbocycles. The molecular weight excluding hydrogens is 306 g/mol. The Hall–Kier alpha value is -3.26. The number of benzene rings is 2. The molecule has 0 heterocycles. The van der Waals surface area contributed by atoms with Crippen molar-refractivity contribution in [2.45, 2.75) is 13.5 Å². The third-order valence-corrected chi connectivity index (χ3v) is 3.23. The maximum Gasteiger partial charge on any atom is 0.408 e. The van der Waals surface area contributed by atoms with Gasteiger partial charge < -0.3 is 15.2 Å². The van der Waals surface area contributed by atoms with Gasteiger partial charge in [0.05, 0.1) is 12.1 Å². The molecule has 0 unspecified atom stereocenters. The molecule has 0 radical (unpaired) electrons. The summed E-state index contributed by atoms with van der Waals surface area (Å²) in [6, 6.07) is 14.3. The van der Waals surface area contributed by atoms with Gasteiger partial charge in [0.15, 0.2) is 0 Å². The molecule has 0 fully saturated rings. The minimum atomic E-state index is -0.987. The van der Waals surface area contributed by atoms with Crippen molar-refractivity contribution in [2.75, 3.05) is 6.54 Å². The molecule has 0 spiro atoms. The summed E-state index contributed by atoms with van der Waals surface area (Å²) in [6.45, 7) is 2.04. The lowest BCUT2D eigenvalue weighted by atomic mass is 10.1. The number of carbonyl (C=O) groups is 2. The predicted octanol–water partition coefficient (Wildman–Crippen LogP) is 2.97. The van der Waals surface area contributed by atoms with Crippen LogP contribution < -0.4 is 5.32 Å². The first-order chi connectivity index (χ1) is 11.6. The zero-order valence-corrected chi connectivity index (χ0v) is 13.2. The molecule has 0 atom stereocenters. The molecule has 5 heteroatoms. The monoisotopic (exact) mass is 323 g/mol. The summed E-state index contributed by atoms with van der Waals surface area (Å²) in [5, 5.41) is 11.6. The number of rotatable bonds is 4. The third kappa shape index (κ3) is 5.18. The second-order valence-electron chi connectivity index (χ2n) is 5.05. The van der Waals surface area contributed by atoms with Gasteiger partial charge >= 0.3 is 12.1 Å². The van der Waals surface area contributed by atoms with E-state index in [0.29, 0.717) is 11.1 Å². The Morgan fingerprint density at radius 2 is 1.92 bits per heavy atom. The standard InChI is InChI=1S/C19H17NO4/c1-14-9-10-15(12-17(14)18(21)22)8-5-11-20-19(23)24-13-16-6-3-2-4-7-16/h2-4,6-7,9-10,12H,11,13H2,1H3,(H,20,23)(H,21,22). The van der Waals surface area contributed by atoms with Gasteiger partial charge in [-0.05, 0) is 30.2 Å². The fourth-order valence-corrected chi connectivity index (χ4v) is 1.97. The van der Waals surface area contributed by atoms with Crippen LogP contribution in [0.4, 0.5) is 4.79 Å². The Kier molecular flexibility index (Phi) is 5.98. The number of carboxylic acid groups (broad SMARTS) is 1. The number of hydrogen-bond donors (Lipinski definition) is 2. The van der Waals surface area contributed by atoms with Crippen LogP contribution in [0.15, 0.2) is 48.5 Å². The fraction of sp³-hybridized carbons (Fsp3) is 0.158. The molecule has 2 aromatic rings. The highest BCUT2D eigenvalue weighted by atomic mass is 16.5. The van der Waals surface area contributed by atoms with Crippen molar-refractivity contribution >= 4 is 12.1 Å². The largest absolute Gasteiger partial charge is 0.478 e. The molecule has 0 aliphatic heterocycles. The summed E-state index contributed by atoms with van der Waals surface area (Å²) in [7, 11) is 0. The molecule has 24 heavy (non-hydrogen) atoms. The minimum absolute atomic E-state index is 0.115. The number of hydrogen-bond acceptors (Lipinski definition) is 3. The van der Waals surface area contributed by atoms with Gasteiger partial charge in [0.25, 0.3) is 0 Å². The number of aryl methyl sites for hydroxylation is 1. The van der Waals surface area contributed by atoms with Crippen LogP contribution in [0.25, 0.3) is 0 Å². The van der Waals surface area contributed by atoms with Crippen molar-refractivity contribution in [3.8, 4) is 11.8 Å². The van der Waals surface area contributed by atoms with Gasteiger partial charge in [0, 0.05) is 5.56 Å². The SMILES string of the molecule is Cc1ccc(C#CCNC(=O)OCc2ccccc2)cc1C(=O)O. The Bertz CT molecular complexity index is 788. The summed E-state index contributed by atoms with van der Waals surface area (Å²) >= 11 is 0. The first-order valence-corrected chi connectivity index (χ1v) is 7.33. The molecule has 0 aromatic heterocycles. The highest BCUT2D eigenvalue weighted by Gasteiger charge is 2.06. The molecule has 0 aliphatic rings. The minimum Gasteiger partial charge on any atom is -0.478 e. The zero-order valence-electron chi connectivity index (χ0n) is 13.2. The first-order valence-electron chi connectivity index (χ1n) is 7.33. The fourth-order valence-electron chi connectivity index (χ4n) is 1.97. The topological polar surface area (TPSA) is 75.6 Å².